The van der Waals surface area contributed by atoms with Crippen molar-refractivity contribution in [3.8, 4) is 0 Å². The molecular formula is C20H25ClN2S. The number of anilines is 1. The van der Waals surface area contributed by atoms with Gasteiger partial charge >= 0.3 is 0 Å². The topological polar surface area (TPSA) is 6.48 Å². The molecule has 24 heavy (non-hydrogen) atoms. The van der Waals surface area contributed by atoms with Crippen LogP contribution in [0.3, 0.4) is 0 Å². The van der Waals surface area contributed by atoms with Gasteiger partial charge < -0.3 is 4.90 Å². The summed E-state index contributed by atoms with van der Waals surface area (Å²) in [6.07, 6.45) is 5.36. The predicted molar refractivity (Wildman–Crippen MR) is 105 cm³/mol. The number of benzene rings is 1. The van der Waals surface area contributed by atoms with Crippen LogP contribution < -0.4 is 4.90 Å². The van der Waals surface area contributed by atoms with Crippen LogP contribution in [0.5, 0.6) is 0 Å². The van der Waals surface area contributed by atoms with E-state index in [-0.39, 0.29) is 0 Å². The van der Waals surface area contributed by atoms with Crippen molar-refractivity contribution >= 4 is 28.6 Å². The summed E-state index contributed by atoms with van der Waals surface area (Å²) in [7, 11) is 0. The Morgan fingerprint density at radius 3 is 2.71 bits per heavy atom. The lowest BCUT2D eigenvalue weighted by atomic mass is 9.95. The summed E-state index contributed by atoms with van der Waals surface area (Å²) in [4.78, 5) is 6.76. The van der Waals surface area contributed by atoms with Gasteiger partial charge in [0.15, 0.2) is 0 Å². The minimum atomic E-state index is 0.836. The molecule has 0 saturated carbocycles. The fourth-order valence-corrected chi connectivity index (χ4v) is 5.31. The summed E-state index contributed by atoms with van der Waals surface area (Å²) in [6.45, 7) is 7.76. The largest absolute Gasteiger partial charge is 0.369 e. The molecule has 2 aliphatic rings. The van der Waals surface area contributed by atoms with E-state index in [4.69, 9.17) is 11.6 Å². The Hall–Kier alpha value is -1.03. The highest BCUT2D eigenvalue weighted by Gasteiger charge is 2.21. The molecule has 0 spiro atoms. The predicted octanol–water partition coefficient (Wildman–Crippen LogP) is 4.91. The summed E-state index contributed by atoms with van der Waals surface area (Å²) in [5.74, 6) is 0. The molecule has 1 saturated heterocycles. The number of hydrogen-bond acceptors (Lipinski definition) is 3. The van der Waals surface area contributed by atoms with E-state index in [0.29, 0.717) is 0 Å². The number of nitrogens with zero attached hydrogens (tertiary/aromatic N) is 2. The average molecular weight is 361 g/mol. The molecule has 0 atom stereocenters. The Bertz CT molecular complexity index is 716. The lowest BCUT2D eigenvalue weighted by molar-refractivity contribution is 0.249. The molecule has 2 nitrogen and oxygen atoms in total. The molecule has 4 heteroatoms. The fraction of sp³-hybridized carbons (Fsp3) is 0.500. The third-order valence-electron chi connectivity index (χ3n) is 5.43. The first-order valence-electron chi connectivity index (χ1n) is 9.02. The molecule has 1 aromatic carbocycles. The van der Waals surface area contributed by atoms with Gasteiger partial charge in [-0.05, 0) is 66.8 Å². The maximum Gasteiger partial charge on any atom is 0.0426 e. The van der Waals surface area contributed by atoms with Crippen molar-refractivity contribution in [2.75, 3.05) is 31.1 Å². The fourth-order valence-electron chi connectivity index (χ4n) is 4.00. The van der Waals surface area contributed by atoms with Crippen molar-refractivity contribution in [1.82, 2.24) is 4.90 Å². The van der Waals surface area contributed by atoms with E-state index < -0.39 is 0 Å². The number of fused-ring (bicyclic) bond motifs is 1. The zero-order valence-electron chi connectivity index (χ0n) is 14.4. The van der Waals surface area contributed by atoms with Crippen LogP contribution in [0, 0.1) is 6.92 Å². The second kappa shape index (κ2) is 7.07. The number of aryl methyl sites for hydroxylation is 2. The quantitative estimate of drug-likeness (QED) is 0.767. The van der Waals surface area contributed by atoms with E-state index in [9.17, 15) is 0 Å². The van der Waals surface area contributed by atoms with Crippen molar-refractivity contribution in [3.63, 3.8) is 0 Å². The summed E-state index contributed by atoms with van der Waals surface area (Å²) >= 11 is 8.18. The first-order chi connectivity index (χ1) is 11.7. The van der Waals surface area contributed by atoms with Crippen molar-refractivity contribution in [1.29, 1.82) is 0 Å². The number of halogens is 1. The Morgan fingerprint density at radius 2 is 1.88 bits per heavy atom. The van der Waals surface area contributed by atoms with Crippen LogP contribution in [0.25, 0.3) is 0 Å². The minimum Gasteiger partial charge on any atom is -0.369 e. The molecule has 1 aromatic heterocycles. The van der Waals surface area contributed by atoms with E-state index in [1.807, 2.05) is 17.4 Å². The van der Waals surface area contributed by atoms with Crippen LogP contribution in [0.1, 0.15) is 34.4 Å². The molecule has 1 fully saturated rings. The Labute approximate surface area is 154 Å². The van der Waals surface area contributed by atoms with Crippen molar-refractivity contribution in [2.45, 2.75) is 39.2 Å². The third-order valence-corrected chi connectivity index (χ3v) is 6.80. The Kier molecular flexibility index (Phi) is 4.84. The van der Waals surface area contributed by atoms with Crippen molar-refractivity contribution in [3.05, 3.63) is 50.2 Å². The molecule has 0 N–H and O–H groups in total. The van der Waals surface area contributed by atoms with Crippen LogP contribution in [0.2, 0.25) is 5.02 Å². The SMILES string of the molecule is Cc1ccc(Cl)cc1N1CCN(Cc2csc3c2CCCC3)CC1. The minimum absolute atomic E-state index is 0.836. The van der Waals surface area contributed by atoms with E-state index in [1.165, 1.54) is 36.9 Å². The van der Waals surface area contributed by atoms with Crippen molar-refractivity contribution in [2.24, 2.45) is 0 Å². The van der Waals surface area contributed by atoms with Gasteiger partial charge in [-0.3, -0.25) is 4.90 Å². The van der Waals surface area contributed by atoms with Crippen LogP contribution in [0.4, 0.5) is 5.69 Å². The summed E-state index contributed by atoms with van der Waals surface area (Å²) in [6, 6.07) is 6.22. The van der Waals surface area contributed by atoms with Crippen LogP contribution in [-0.4, -0.2) is 31.1 Å². The third kappa shape index (κ3) is 3.35. The molecule has 1 aliphatic heterocycles. The number of rotatable bonds is 3. The Morgan fingerprint density at radius 1 is 1.08 bits per heavy atom. The second-order valence-corrected chi connectivity index (χ2v) is 8.46. The van der Waals surface area contributed by atoms with Gasteiger partial charge in [0.05, 0.1) is 0 Å². The monoisotopic (exact) mass is 360 g/mol. The van der Waals surface area contributed by atoms with Crippen molar-refractivity contribution < 1.29 is 0 Å². The first-order valence-corrected chi connectivity index (χ1v) is 10.3. The normalized spacial score (nSPS) is 18.7. The molecule has 4 rings (SSSR count). The zero-order valence-corrected chi connectivity index (χ0v) is 15.9. The van der Waals surface area contributed by atoms with Gasteiger partial charge in [0.2, 0.25) is 0 Å². The van der Waals surface area contributed by atoms with Gasteiger partial charge in [0.1, 0.15) is 0 Å². The van der Waals surface area contributed by atoms with E-state index in [0.717, 1.165) is 37.7 Å². The number of piperazine rings is 1. The first kappa shape index (κ1) is 16.4. The smallest absolute Gasteiger partial charge is 0.0426 e. The lowest BCUT2D eigenvalue weighted by Gasteiger charge is -2.37. The Balaban J connectivity index is 1.40. The molecule has 0 amide bonds. The van der Waals surface area contributed by atoms with Gasteiger partial charge in [-0.25, -0.2) is 0 Å². The average Bonchev–Trinajstić information content (AvgIpc) is 3.01. The van der Waals surface area contributed by atoms with E-state index in [2.05, 4.69) is 34.2 Å². The van der Waals surface area contributed by atoms with Crippen LogP contribution >= 0.6 is 22.9 Å². The standard InChI is InChI=1S/C20H25ClN2S/c1-15-6-7-17(21)12-19(15)23-10-8-22(9-11-23)13-16-14-24-20-5-3-2-4-18(16)20/h6-7,12,14H,2-5,8-11,13H2,1H3. The molecule has 128 valence electrons. The molecule has 0 unspecified atom stereocenters. The van der Waals surface area contributed by atoms with Gasteiger partial charge in [-0.15, -0.1) is 11.3 Å². The zero-order chi connectivity index (χ0) is 16.5. The molecule has 0 radical (unpaired) electrons. The summed E-state index contributed by atoms with van der Waals surface area (Å²) in [5.41, 5.74) is 5.90. The van der Waals surface area contributed by atoms with Crippen LogP contribution in [0.15, 0.2) is 23.6 Å². The second-order valence-electron chi connectivity index (χ2n) is 7.06. The highest BCUT2D eigenvalue weighted by molar-refractivity contribution is 7.10. The van der Waals surface area contributed by atoms with E-state index in [1.54, 1.807) is 16.0 Å². The summed E-state index contributed by atoms with van der Waals surface area (Å²) < 4.78 is 0. The lowest BCUT2D eigenvalue weighted by Crippen LogP contribution is -2.46. The number of thiophene rings is 1. The highest BCUT2D eigenvalue weighted by Crippen LogP contribution is 2.31. The van der Waals surface area contributed by atoms with Gasteiger partial charge in [0, 0.05) is 48.3 Å². The highest BCUT2D eigenvalue weighted by atomic mass is 35.5. The molecule has 0 bridgehead atoms. The molecular weight excluding hydrogens is 336 g/mol. The van der Waals surface area contributed by atoms with Crippen LogP contribution in [-0.2, 0) is 19.4 Å². The number of hydrogen-bond donors (Lipinski definition) is 0. The molecule has 2 aromatic rings. The maximum absolute atomic E-state index is 6.19. The molecule has 2 heterocycles. The van der Waals surface area contributed by atoms with Gasteiger partial charge in [-0.1, -0.05) is 17.7 Å². The van der Waals surface area contributed by atoms with E-state index >= 15 is 0 Å². The maximum atomic E-state index is 6.19. The van der Waals surface area contributed by atoms with Gasteiger partial charge in [0.25, 0.3) is 0 Å². The molecule has 1 aliphatic carbocycles. The van der Waals surface area contributed by atoms with Gasteiger partial charge in [-0.2, -0.15) is 0 Å². The summed E-state index contributed by atoms with van der Waals surface area (Å²) in [5, 5.41) is 3.26.